The zero-order chi connectivity index (χ0) is 29.4. The second kappa shape index (κ2) is 11.5. The monoisotopic (exact) mass is 572 g/mol. The van der Waals surface area contributed by atoms with Crippen LogP contribution in [-0.4, -0.2) is 72.5 Å². The molecule has 2 aromatic rings. The van der Waals surface area contributed by atoms with Crippen LogP contribution < -0.4 is 5.32 Å². The summed E-state index contributed by atoms with van der Waals surface area (Å²) in [7, 11) is 0. The van der Waals surface area contributed by atoms with Crippen molar-refractivity contribution >= 4 is 17.6 Å². The number of hydrogen-bond donors (Lipinski definition) is 1. The summed E-state index contributed by atoms with van der Waals surface area (Å²) in [6, 6.07) is 9.79. The Morgan fingerprint density at radius 3 is 2.39 bits per heavy atom. The molecule has 220 valence electrons. The fourth-order valence-electron chi connectivity index (χ4n) is 6.32. The number of nitrogens with one attached hydrogen (secondary N) is 1. The Hall–Kier alpha value is -3.40. The predicted molar refractivity (Wildman–Crippen MR) is 149 cm³/mol. The third-order valence-corrected chi connectivity index (χ3v) is 9.12. The minimum absolute atomic E-state index is 0.0974. The summed E-state index contributed by atoms with van der Waals surface area (Å²) in [5.74, 6) is 0.632. The molecule has 4 aliphatic rings. The van der Waals surface area contributed by atoms with Gasteiger partial charge in [0, 0.05) is 57.1 Å². The van der Waals surface area contributed by atoms with E-state index in [0.29, 0.717) is 63.2 Å². The van der Waals surface area contributed by atoms with Crippen LogP contribution in [0.2, 0.25) is 0 Å². The van der Waals surface area contributed by atoms with Gasteiger partial charge < -0.3 is 15.1 Å². The largest absolute Gasteiger partial charge is 0.416 e. The number of carbonyl (C=O) groups excluding carboxylic acids is 2. The molecule has 6 nitrogen and oxygen atoms in total. The average Bonchev–Trinajstić information content (AvgIpc) is 2.95. The molecule has 1 N–H and O–H groups in total. The first-order chi connectivity index (χ1) is 19.4. The van der Waals surface area contributed by atoms with E-state index < -0.39 is 17.8 Å². The van der Waals surface area contributed by atoms with Gasteiger partial charge in [-0.2, -0.15) is 13.2 Å². The average molecular weight is 573 g/mol. The molecular formula is C31H36F4N4O2. The normalized spacial score (nSPS) is 22.0. The van der Waals surface area contributed by atoms with Crippen LogP contribution in [0.3, 0.4) is 0 Å². The predicted octanol–water partition coefficient (Wildman–Crippen LogP) is 6.13. The molecule has 1 saturated heterocycles. The maximum atomic E-state index is 13.5. The summed E-state index contributed by atoms with van der Waals surface area (Å²) in [5, 5.41) is 2.57. The smallest absolute Gasteiger partial charge is 0.333 e. The highest BCUT2D eigenvalue weighted by Gasteiger charge is 2.51. The minimum atomic E-state index is -4.48. The number of rotatable bonds is 7. The number of alkyl halides is 3. The molecule has 1 heterocycles. The summed E-state index contributed by atoms with van der Waals surface area (Å²) in [6.45, 7) is 8.22. The van der Waals surface area contributed by atoms with Gasteiger partial charge in [-0.15, -0.1) is 0 Å². The highest BCUT2D eigenvalue weighted by atomic mass is 19.4. The van der Waals surface area contributed by atoms with E-state index >= 15 is 0 Å². The summed E-state index contributed by atoms with van der Waals surface area (Å²) < 4.78 is 52.5. The standard InChI is InChI=1S/C31H36F4N4O2/c1-30(2)23-9-6-22(27(30)19-23)20-39(28(40)21-7-10-25(32)11-8-21)17-14-37-12-15-38(16-13-37)29(41)36-26-5-3-4-24(18-26)31(33,34)35/h3-8,10-11,18,23,27H,9,12-17,19-20H2,1-2H3,(H,36,41). The van der Waals surface area contributed by atoms with Crippen LogP contribution in [0.25, 0.3) is 0 Å². The van der Waals surface area contributed by atoms with E-state index in [-0.39, 0.29) is 22.8 Å². The van der Waals surface area contributed by atoms with Crippen LogP contribution in [0.5, 0.6) is 0 Å². The van der Waals surface area contributed by atoms with Gasteiger partial charge in [-0.1, -0.05) is 31.6 Å². The lowest BCUT2D eigenvalue weighted by Crippen LogP contribution is -2.52. The molecular weight excluding hydrogens is 536 g/mol. The number of hydrogen-bond acceptors (Lipinski definition) is 3. The van der Waals surface area contributed by atoms with E-state index in [1.165, 1.54) is 42.0 Å². The Morgan fingerprint density at radius 2 is 1.76 bits per heavy atom. The first-order valence-electron chi connectivity index (χ1n) is 14.1. The van der Waals surface area contributed by atoms with Gasteiger partial charge in [-0.3, -0.25) is 9.69 Å². The van der Waals surface area contributed by atoms with E-state index in [1.54, 1.807) is 4.90 Å². The molecule has 6 rings (SSSR count). The Morgan fingerprint density at radius 1 is 1.05 bits per heavy atom. The number of urea groups is 1. The molecule has 2 atom stereocenters. The molecule has 41 heavy (non-hydrogen) atoms. The van der Waals surface area contributed by atoms with Crippen LogP contribution in [0.4, 0.5) is 28.0 Å². The van der Waals surface area contributed by atoms with Gasteiger partial charge in [-0.25, -0.2) is 9.18 Å². The van der Waals surface area contributed by atoms with Gasteiger partial charge in [0.05, 0.1) is 5.56 Å². The van der Waals surface area contributed by atoms with E-state index in [2.05, 4.69) is 30.1 Å². The van der Waals surface area contributed by atoms with E-state index in [9.17, 15) is 27.2 Å². The van der Waals surface area contributed by atoms with Crippen molar-refractivity contribution in [2.45, 2.75) is 32.9 Å². The number of fused-ring (bicyclic) bond motifs is 1. The molecule has 0 aromatic heterocycles. The van der Waals surface area contributed by atoms with Gasteiger partial charge in [0.1, 0.15) is 5.82 Å². The molecule has 10 heteroatoms. The summed E-state index contributed by atoms with van der Waals surface area (Å²) in [5.41, 5.74) is 1.26. The SMILES string of the molecule is CC1(C)C2CC=C(CN(CCN3CCN(C(=O)Nc4cccc(C(F)(F)F)c4)CC3)C(=O)c3ccc(F)cc3)C1C2. The third-order valence-electron chi connectivity index (χ3n) is 9.12. The zero-order valence-corrected chi connectivity index (χ0v) is 23.4. The first kappa shape index (κ1) is 29.1. The van der Waals surface area contributed by atoms with Gasteiger partial charge in [0.2, 0.25) is 0 Å². The van der Waals surface area contributed by atoms with Crippen molar-refractivity contribution in [3.05, 3.63) is 77.1 Å². The molecule has 3 aliphatic carbocycles. The third kappa shape index (κ3) is 6.42. The molecule has 2 fully saturated rings. The second-order valence-electron chi connectivity index (χ2n) is 11.9. The van der Waals surface area contributed by atoms with Gasteiger partial charge in [0.15, 0.2) is 0 Å². The number of nitrogens with zero attached hydrogens (tertiary/aromatic N) is 3. The lowest BCUT2D eigenvalue weighted by Gasteiger charge is -2.57. The van der Waals surface area contributed by atoms with Gasteiger partial charge in [-0.05, 0) is 72.6 Å². The van der Waals surface area contributed by atoms with Crippen LogP contribution in [0.15, 0.2) is 60.2 Å². The zero-order valence-electron chi connectivity index (χ0n) is 23.4. The van der Waals surface area contributed by atoms with Crippen LogP contribution in [0.1, 0.15) is 42.6 Å². The van der Waals surface area contributed by atoms with Crippen molar-refractivity contribution < 1.29 is 27.2 Å². The fraction of sp³-hybridized carbons (Fsp3) is 0.484. The van der Waals surface area contributed by atoms with Crippen molar-refractivity contribution in [2.24, 2.45) is 17.3 Å². The summed E-state index contributed by atoms with van der Waals surface area (Å²) in [4.78, 5) is 31.8. The van der Waals surface area contributed by atoms with Crippen molar-refractivity contribution in [2.75, 3.05) is 51.1 Å². The molecule has 3 amide bonds. The maximum Gasteiger partial charge on any atom is 0.416 e. The molecule has 0 radical (unpaired) electrons. The Labute approximate surface area is 238 Å². The summed E-state index contributed by atoms with van der Waals surface area (Å²) in [6.07, 6.45) is -0.0109. The molecule has 2 bridgehead atoms. The highest BCUT2D eigenvalue weighted by Crippen LogP contribution is 2.59. The maximum absolute atomic E-state index is 13.5. The minimum Gasteiger partial charge on any atom is -0.333 e. The van der Waals surface area contributed by atoms with Crippen molar-refractivity contribution in [1.82, 2.24) is 14.7 Å². The van der Waals surface area contributed by atoms with E-state index in [0.717, 1.165) is 25.0 Å². The van der Waals surface area contributed by atoms with E-state index in [1.807, 2.05) is 4.90 Å². The molecule has 2 unspecified atom stereocenters. The lowest BCUT2D eigenvalue weighted by molar-refractivity contribution is -0.137. The Kier molecular flexibility index (Phi) is 8.14. The van der Waals surface area contributed by atoms with Crippen molar-refractivity contribution in [3.8, 4) is 0 Å². The molecule has 2 aromatic carbocycles. The summed E-state index contributed by atoms with van der Waals surface area (Å²) >= 11 is 0. The highest BCUT2D eigenvalue weighted by molar-refractivity contribution is 5.94. The number of halogens is 4. The molecule has 1 saturated carbocycles. The number of benzene rings is 2. The number of amides is 3. The molecule has 1 aliphatic heterocycles. The van der Waals surface area contributed by atoms with Crippen LogP contribution in [0, 0.1) is 23.1 Å². The Balaban J connectivity index is 1.18. The van der Waals surface area contributed by atoms with Crippen LogP contribution >= 0.6 is 0 Å². The number of piperazine rings is 1. The first-order valence-corrected chi connectivity index (χ1v) is 14.1. The van der Waals surface area contributed by atoms with Crippen molar-refractivity contribution in [1.29, 1.82) is 0 Å². The Bertz CT molecular complexity index is 1300. The van der Waals surface area contributed by atoms with Gasteiger partial charge in [0.25, 0.3) is 5.91 Å². The molecule has 0 spiro atoms. The number of allylic oxidation sites excluding steroid dienone is 1. The fourth-order valence-corrected chi connectivity index (χ4v) is 6.32. The van der Waals surface area contributed by atoms with E-state index in [4.69, 9.17) is 0 Å². The number of anilines is 1. The van der Waals surface area contributed by atoms with Crippen LogP contribution in [-0.2, 0) is 6.18 Å². The number of carbonyl (C=O) groups is 2. The lowest BCUT2D eigenvalue weighted by atomic mass is 9.49. The van der Waals surface area contributed by atoms with Crippen molar-refractivity contribution in [3.63, 3.8) is 0 Å². The quantitative estimate of drug-likeness (QED) is 0.321. The topological polar surface area (TPSA) is 55.9 Å². The van der Waals surface area contributed by atoms with Gasteiger partial charge >= 0.3 is 12.2 Å². The second-order valence-corrected chi connectivity index (χ2v) is 11.9.